The van der Waals surface area contributed by atoms with Crippen molar-refractivity contribution >= 4 is 33.7 Å². The summed E-state index contributed by atoms with van der Waals surface area (Å²) in [5.74, 6) is 0.516. The molecule has 0 saturated heterocycles. The first-order valence-corrected chi connectivity index (χ1v) is 12.1. The molecule has 4 aromatic carbocycles. The highest BCUT2D eigenvalue weighted by Gasteiger charge is 2.57. The van der Waals surface area contributed by atoms with Crippen LogP contribution in [0.4, 0.5) is 0 Å². The van der Waals surface area contributed by atoms with E-state index in [1.54, 1.807) is 36.5 Å². The number of carbonyl (C=O) groups excluding carboxylic acids is 1. The summed E-state index contributed by atoms with van der Waals surface area (Å²) in [5.41, 5.74) is 2.24. The second-order valence-electron chi connectivity index (χ2n) is 8.60. The first kappa shape index (κ1) is 20.7. The standard InChI is InChI=1S/C28H17N3O4S/c32-16-9-11-20-23(13-16)35-24-14-17(33)10-12-21(24)28(20)19-6-2-1-5-18(19)27(34)31(28)29-15-26-30-22-7-3-4-8-25(22)36-26/h1-15,32-33H/b29-15+. The van der Waals surface area contributed by atoms with Crippen molar-refractivity contribution in [3.05, 3.63) is 112 Å². The van der Waals surface area contributed by atoms with E-state index in [2.05, 4.69) is 4.98 Å². The van der Waals surface area contributed by atoms with Crippen LogP contribution in [-0.4, -0.2) is 32.3 Å². The molecule has 174 valence electrons. The van der Waals surface area contributed by atoms with Gasteiger partial charge in [-0.2, -0.15) is 5.10 Å². The molecule has 5 aromatic rings. The highest BCUT2D eigenvalue weighted by molar-refractivity contribution is 7.20. The average Bonchev–Trinajstić information content (AvgIpc) is 3.40. The van der Waals surface area contributed by atoms with Crippen molar-refractivity contribution in [3.8, 4) is 23.0 Å². The fraction of sp³-hybridized carbons (Fsp3) is 0.0357. The Hall–Kier alpha value is -4.69. The van der Waals surface area contributed by atoms with E-state index in [4.69, 9.17) is 9.84 Å². The van der Waals surface area contributed by atoms with E-state index in [1.165, 1.54) is 28.5 Å². The molecule has 36 heavy (non-hydrogen) atoms. The zero-order chi connectivity index (χ0) is 24.4. The van der Waals surface area contributed by atoms with E-state index in [1.807, 2.05) is 42.5 Å². The number of nitrogens with zero attached hydrogens (tertiary/aromatic N) is 3. The molecule has 2 N–H and O–H groups in total. The molecule has 1 aromatic heterocycles. The average molecular weight is 492 g/mol. The largest absolute Gasteiger partial charge is 0.508 e. The van der Waals surface area contributed by atoms with Crippen molar-refractivity contribution in [2.45, 2.75) is 5.54 Å². The summed E-state index contributed by atoms with van der Waals surface area (Å²) in [6.45, 7) is 0. The van der Waals surface area contributed by atoms with Crippen molar-refractivity contribution in [1.82, 2.24) is 9.99 Å². The van der Waals surface area contributed by atoms with E-state index in [0.29, 0.717) is 33.2 Å². The first-order chi connectivity index (χ1) is 17.6. The van der Waals surface area contributed by atoms with Crippen LogP contribution in [0.25, 0.3) is 10.2 Å². The van der Waals surface area contributed by atoms with Crippen LogP contribution in [-0.2, 0) is 5.54 Å². The molecule has 0 saturated carbocycles. The molecule has 3 heterocycles. The van der Waals surface area contributed by atoms with Gasteiger partial charge in [-0.25, -0.2) is 9.99 Å². The van der Waals surface area contributed by atoms with Crippen molar-refractivity contribution in [3.63, 3.8) is 0 Å². The third-order valence-corrected chi connectivity index (χ3v) is 7.55. The molecule has 1 amide bonds. The van der Waals surface area contributed by atoms with Crippen LogP contribution in [0.15, 0.2) is 90.0 Å². The van der Waals surface area contributed by atoms with Crippen LogP contribution in [0, 0.1) is 0 Å². The molecule has 0 bridgehead atoms. The fourth-order valence-electron chi connectivity index (χ4n) is 5.13. The number of aromatic hydroxyl groups is 2. The summed E-state index contributed by atoms with van der Waals surface area (Å²) < 4.78 is 7.13. The molecule has 0 unspecified atom stereocenters. The van der Waals surface area contributed by atoms with Gasteiger partial charge in [0.05, 0.1) is 16.4 Å². The van der Waals surface area contributed by atoms with Gasteiger partial charge in [-0.05, 0) is 42.5 Å². The molecule has 8 heteroatoms. The monoisotopic (exact) mass is 491 g/mol. The van der Waals surface area contributed by atoms with Gasteiger partial charge in [0.2, 0.25) is 0 Å². The van der Waals surface area contributed by atoms with Gasteiger partial charge >= 0.3 is 0 Å². The number of thiazole rings is 1. The number of carbonyl (C=O) groups is 1. The molecule has 0 atom stereocenters. The van der Waals surface area contributed by atoms with Crippen molar-refractivity contribution in [1.29, 1.82) is 0 Å². The topological polar surface area (TPSA) is 95.2 Å². The number of rotatable bonds is 2. The lowest BCUT2D eigenvalue weighted by molar-refractivity contribution is 0.0675. The summed E-state index contributed by atoms with van der Waals surface area (Å²) in [6, 6.07) is 24.8. The van der Waals surface area contributed by atoms with Gasteiger partial charge in [-0.15, -0.1) is 11.3 Å². The third-order valence-electron chi connectivity index (χ3n) is 6.58. The van der Waals surface area contributed by atoms with Gasteiger partial charge < -0.3 is 14.9 Å². The summed E-state index contributed by atoms with van der Waals surface area (Å²) in [4.78, 5) is 18.5. The van der Waals surface area contributed by atoms with E-state index < -0.39 is 5.54 Å². The molecule has 0 aliphatic carbocycles. The summed E-state index contributed by atoms with van der Waals surface area (Å²) in [7, 11) is 0. The Kier molecular flexibility index (Phi) is 4.25. The number of phenols is 2. The highest BCUT2D eigenvalue weighted by atomic mass is 32.1. The molecular weight excluding hydrogens is 474 g/mol. The number of hydrogen-bond acceptors (Lipinski definition) is 7. The predicted octanol–water partition coefficient (Wildman–Crippen LogP) is 5.60. The lowest BCUT2D eigenvalue weighted by Crippen LogP contribution is -2.44. The van der Waals surface area contributed by atoms with Crippen LogP contribution in [0.1, 0.15) is 32.1 Å². The Morgan fingerprint density at radius 3 is 2.25 bits per heavy atom. The molecule has 0 radical (unpaired) electrons. The molecule has 7 nitrogen and oxygen atoms in total. The van der Waals surface area contributed by atoms with E-state index in [9.17, 15) is 15.0 Å². The third kappa shape index (κ3) is 2.76. The van der Waals surface area contributed by atoms with E-state index >= 15 is 0 Å². The van der Waals surface area contributed by atoms with Crippen molar-refractivity contribution in [2.24, 2.45) is 5.10 Å². The Morgan fingerprint density at radius 1 is 0.861 bits per heavy atom. The fourth-order valence-corrected chi connectivity index (χ4v) is 5.96. The Labute approximate surface area is 209 Å². The zero-order valence-corrected chi connectivity index (χ0v) is 19.4. The van der Waals surface area contributed by atoms with Gasteiger partial charge in [-0.3, -0.25) is 4.79 Å². The van der Waals surface area contributed by atoms with Gasteiger partial charge in [0.25, 0.3) is 5.91 Å². The number of benzene rings is 4. The Balaban J connectivity index is 1.51. The van der Waals surface area contributed by atoms with Crippen LogP contribution in [0.2, 0.25) is 0 Å². The minimum absolute atomic E-state index is 0.0228. The summed E-state index contributed by atoms with van der Waals surface area (Å²) in [5, 5.41) is 27.3. The SMILES string of the molecule is O=C1c2ccccc2C2(c3ccc(O)cc3Oc3cc(O)ccc32)N1/N=C/c1nc2ccccc2s1. The van der Waals surface area contributed by atoms with Crippen molar-refractivity contribution < 1.29 is 19.7 Å². The molecule has 0 fully saturated rings. The van der Waals surface area contributed by atoms with Gasteiger partial charge in [-0.1, -0.05) is 30.3 Å². The molecule has 1 spiro atoms. The lowest BCUT2D eigenvalue weighted by Gasteiger charge is -2.41. The first-order valence-electron chi connectivity index (χ1n) is 11.2. The number of para-hydroxylation sites is 1. The maximum absolute atomic E-state index is 13.9. The van der Waals surface area contributed by atoms with Crippen molar-refractivity contribution in [2.75, 3.05) is 0 Å². The molecule has 2 aliphatic heterocycles. The molecule has 2 aliphatic rings. The van der Waals surface area contributed by atoms with Crippen LogP contribution in [0.3, 0.4) is 0 Å². The van der Waals surface area contributed by atoms with Crippen LogP contribution in [0.5, 0.6) is 23.0 Å². The maximum Gasteiger partial charge on any atom is 0.275 e. The maximum atomic E-state index is 13.9. The summed E-state index contributed by atoms with van der Waals surface area (Å²) in [6.07, 6.45) is 1.60. The Bertz CT molecular complexity index is 1660. The van der Waals surface area contributed by atoms with Crippen LogP contribution >= 0.6 is 11.3 Å². The van der Waals surface area contributed by atoms with Gasteiger partial charge in [0.1, 0.15) is 33.5 Å². The number of phenolic OH excluding ortho intramolecular Hbond substituents is 2. The van der Waals surface area contributed by atoms with Crippen LogP contribution < -0.4 is 4.74 Å². The van der Waals surface area contributed by atoms with Gasteiger partial charge in [0.15, 0.2) is 0 Å². The highest BCUT2D eigenvalue weighted by Crippen LogP contribution is 2.58. The number of hydrogen-bond donors (Lipinski definition) is 2. The van der Waals surface area contributed by atoms with Gasteiger partial charge in [0, 0.05) is 34.4 Å². The second kappa shape index (κ2) is 7.40. The second-order valence-corrected chi connectivity index (χ2v) is 9.66. The number of fused-ring (bicyclic) bond motifs is 7. The number of amides is 1. The number of hydrazone groups is 1. The summed E-state index contributed by atoms with van der Waals surface area (Å²) >= 11 is 1.49. The zero-order valence-electron chi connectivity index (χ0n) is 18.6. The Morgan fingerprint density at radius 2 is 1.53 bits per heavy atom. The number of ether oxygens (including phenoxy) is 1. The minimum Gasteiger partial charge on any atom is -0.508 e. The van der Waals surface area contributed by atoms with E-state index in [0.717, 1.165) is 15.8 Å². The quantitative estimate of drug-likeness (QED) is 0.314. The minimum atomic E-state index is -1.18. The molecule has 7 rings (SSSR count). The molecular formula is C28H17N3O4S. The number of aromatic nitrogens is 1. The van der Waals surface area contributed by atoms with E-state index in [-0.39, 0.29) is 17.4 Å². The normalized spacial score (nSPS) is 15.2. The predicted molar refractivity (Wildman–Crippen MR) is 136 cm³/mol. The smallest absolute Gasteiger partial charge is 0.275 e. The lowest BCUT2D eigenvalue weighted by atomic mass is 9.75.